The van der Waals surface area contributed by atoms with Crippen LogP contribution in [0.3, 0.4) is 0 Å². The molecule has 0 saturated carbocycles. The van der Waals surface area contributed by atoms with Crippen LogP contribution in [-0.4, -0.2) is 44.5 Å². The number of nitrogens with one attached hydrogen (secondary N) is 1. The van der Waals surface area contributed by atoms with Gasteiger partial charge >= 0.3 is 5.76 Å². The SMILES string of the molecule is CN(CC1CCOCC1)S(=O)(=O)c1ccc2[nH]c(=O)oc2c1. The Balaban J connectivity index is 1.84. The first kappa shape index (κ1) is 15.3. The minimum absolute atomic E-state index is 0.123. The summed E-state index contributed by atoms with van der Waals surface area (Å²) < 4.78 is 36.8. The van der Waals surface area contributed by atoms with Gasteiger partial charge in [-0.2, -0.15) is 0 Å². The number of nitrogens with zero attached hydrogens (tertiary/aromatic N) is 1. The van der Waals surface area contributed by atoms with Crippen molar-refractivity contribution in [2.45, 2.75) is 17.7 Å². The Kier molecular flexibility index (Phi) is 4.07. The number of ether oxygens (including phenoxy) is 1. The van der Waals surface area contributed by atoms with Gasteiger partial charge in [-0.1, -0.05) is 0 Å². The summed E-state index contributed by atoms with van der Waals surface area (Å²) >= 11 is 0. The second kappa shape index (κ2) is 5.86. The van der Waals surface area contributed by atoms with Crippen molar-refractivity contribution in [1.82, 2.24) is 9.29 Å². The smallest absolute Gasteiger partial charge is 0.408 e. The molecule has 1 aliphatic rings. The van der Waals surface area contributed by atoms with Crippen molar-refractivity contribution in [3.05, 3.63) is 28.7 Å². The number of hydrogen-bond donors (Lipinski definition) is 1. The van der Waals surface area contributed by atoms with Crippen LogP contribution in [-0.2, 0) is 14.8 Å². The third-order valence-corrected chi connectivity index (χ3v) is 5.78. The fourth-order valence-corrected chi connectivity index (χ4v) is 3.92. The summed E-state index contributed by atoms with van der Waals surface area (Å²) in [7, 11) is -2.03. The van der Waals surface area contributed by atoms with Crippen molar-refractivity contribution in [3.8, 4) is 0 Å². The molecule has 8 heteroatoms. The Morgan fingerprint density at radius 1 is 1.32 bits per heavy atom. The number of sulfonamides is 1. The minimum atomic E-state index is -3.60. The number of fused-ring (bicyclic) bond motifs is 1. The van der Waals surface area contributed by atoms with Crippen molar-refractivity contribution >= 4 is 21.1 Å². The number of aromatic nitrogens is 1. The molecule has 1 aromatic carbocycles. The van der Waals surface area contributed by atoms with Gasteiger partial charge in [0.05, 0.1) is 10.4 Å². The van der Waals surface area contributed by atoms with Crippen LogP contribution in [0.25, 0.3) is 11.1 Å². The molecule has 1 N–H and O–H groups in total. The van der Waals surface area contributed by atoms with E-state index in [4.69, 9.17) is 9.15 Å². The molecule has 0 radical (unpaired) electrons. The highest BCUT2D eigenvalue weighted by molar-refractivity contribution is 7.89. The van der Waals surface area contributed by atoms with Gasteiger partial charge in [0.25, 0.3) is 0 Å². The van der Waals surface area contributed by atoms with Gasteiger partial charge in [0.2, 0.25) is 10.0 Å². The van der Waals surface area contributed by atoms with Gasteiger partial charge in [-0.05, 0) is 30.9 Å². The van der Waals surface area contributed by atoms with Gasteiger partial charge in [0.1, 0.15) is 0 Å². The maximum Gasteiger partial charge on any atom is 0.417 e. The van der Waals surface area contributed by atoms with Gasteiger partial charge in [-0.25, -0.2) is 17.5 Å². The number of rotatable bonds is 4. The molecular formula is C14H18N2O5S. The summed E-state index contributed by atoms with van der Waals surface area (Å²) in [4.78, 5) is 13.8. The van der Waals surface area contributed by atoms with Gasteiger partial charge < -0.3 is 9.15 Å². The maximum atomic E-state index is 12.6. The topological polar surface area (TPSA) is 92.6 Å². The van der Waals surface area contributed by atoms with Crippen LogP contribution in [0.4, 0.5) is 0 Å². The van der Waals surface area contributed by atoms with Crippen LogP contribution in [0.15, 0.2) is 32.3 Å². The summed E-state index contributed by atoms with van der Waals surface area (Å²) in [5.74, 6) is -0.289. The highest BCUT2D eigenvalue weighted by atomic mass is 32.2. The van der Waals surface area contributed by atoms with Crippen LogP contribution < -0.4 is 5.76 Å². The molecule has 0 atom stereocenters. The molecular weight excluding hydrogens is 308 g/mol. The molecule has 1 fully saturated rings. The predicted molar refractivity (Wildman–Crippen MR) is 80.2 cm³/mol. The molecule has 1 aliphatic heterocycles. The Morgan fingerprint density at radius 2 is 2.05 bits per heavy atom. The Hall–Kier alpha value is -1.64. The fraction of sp³-hybridized carbons (Fsp3) is 0.500. The normalized spacial score (nSPS) is 17.4. The molecule has 1 aromatic heterocycles. The minimum Gasteiger partial charge on any atom is -0.408 e. The van der Waals surface area contributed by atoms with Crippen molar-refractivity contribution in [1.29, 1.82) is 0 Å². The average Bonchev–Trinajstić information content (AvgIpc) is 2.87. The summed E-state index contributed by atoms with van der Waals surface area (Å²) in [6.45, 7) is 1.82. The lowest BCUT2D eigenvalue weighted by molar-refractivity contribution is 0.0620. The lowest BCUT2D eigenvalue weighted by Crippen LogP contribution is -2.34. The summed E-state index contributed by atoms with van der Waals surface area (Å²) in [6, 6.07) is 4.39. The second-order valence-corrected chi connectivity index (χ2v) is 7.56. The zero-order chi connectivity index (χ0) is 15.7. The molecule has 2 aromatic rings. The first-order valence-corrected chi connectivity index (χ1v) is 8.58. The number of benzene rings is 1. The van der Waals surface area contributed by atoms with Crippen LogP contribution in [0.1, 0.15) is 12.8 Å². The molecule has 3 rings (SSSR count). The van der Waals surface area contributed by atoms with Crippen LogP contribution >= 0.6 is 0 Å². The maximum absolute atomic E-state index is 12.6. The quantitative estimate of drug-likeness (QED) is 0.910. The number of hydrogen-bond acceptors (Lipinski definition) is 5. The highest BCUT2D eigenvalue weighted by Gasteiger charge is 2.25. The molecule has 0 aliphatic carbocycles. The molecule has 120 valence electrons. The molecule has 7 nitrogen and oxygen atoms in total. The summed E-state index contributed by atoms with van der Waals surface area (Å²) in [6.07, 6.45) is 1.73. The Labute approximate surface area is 127 Å². The number of H-pyrrole nitrogens is 1. The monoisotopic (exact) mass is 326 g/mol. The number of oxazole rings is 1. The summed E-state index contributed by atoms with van der Waals surface area (Å²) in [5.41, 5.74) is 0.724. The zero-order valence-electron chi connectivity index (χ0n) is 12.2. The number of aromatic amines is 1. The van der Waals surface area contributed by atoms with E-state index in [0.29, 0.717) is 31.2 Å². The lowest BCUT2D eigenvalue weighted by Gasteiger charge is -2.26. The van der Waals surface area contributed by atoms with Crippen LogP contribution in [0.5, 0.6) is 0 Å². The molecule has 0 bridgehead atoms. The van der Waals surface area contributed by atoms with Crippen molar-refractivity contribution in [3.63, 3.8) is 0 Å². The molecule has 22 heavy (non-hydrogen) atoms. The van der Waals surface area contributed by atoms with E-state index < -0.39 is 15.8 Å². The third-order valence-electron chi connectivity index (χ3n) is 3.96. The van der Waals surface area contributed by atoms with Gasteiger partial charge in [-0.3, -0.25) is 4.98 Å². The van der Waals surface area contributed by atoms with E-state index in [2.05, 4.69) is 4.98 Å². The third kappa shape index (κ3) is 2.94. The van der Waals surface area contributed by atoms with E-state index in [-0.39, 0.29) is 10.5 Å². The standard InChI is InChI=1S/C14H18N2O5S/c1-16(9-10-4-6-20-7-5-10)22(18,19)11-2-3-12-13(8-11)21-14(17)15-12/h2-3,8,10H,4-7,9H2,1H3,(H,15,17). The predicted octanol–water partition coefficient (Wildman–Crippen LogP) is 1.17. The second-order valence-electron chi connectivity index (χ2n) is 5.51. The molecule has 0 amide bonds. The highest BCUT2D eigenvalue weighted by Crippen LogP contribution is 2.22. The van der Waals surface area contributed by atoms with Gasteiger partial charge in [0.15, 0.2) is 5.58 Å². The lowest BCUT2D eigenvalue weighted by atomic mass is 10.0. The van der Waals surface area contributed by atoms with E-state index in [9.17, 15) is 13.2 Å². The Morgan fingerprint density at radius 3 is 2.77 bits per heavy atom. The molecule has 0 unspecified atom stereocenters. The fourth-order valence-electron chi connectivity index (χ4n) is 2.66. The van der Waals surface area contributed by atoms with Crippen molar-refractivity contribution in [2.24, 2.45) is 5.92 Å². The average molecular weight is 326 g/mol. The van der Waals surface area contributed by atoms with Crippen molar-refractivity contribution < 1.29 is 17.6 Å². The van der Waals surface area contributed by atoms with Gasteiger partial charge in [-0.15, -0.1) is 0 Å². The van der Waals surface area contributed by atoms with E-state index >= 15 is 0 Å². The van der Waals surface area contributed by atoms with E-state index in [1.165, 1.54) is 22.5 Å². The molecule has 0 spiro atoms. The van der Waals surface area contributed by atoms with E-state index in [1.54, 1.807) is 7.05 Å². The molecule has 2 heterocycles. The van der Waals surface area contributed by atoms with E-state index in [0.717, 1.165) is 12.8 Å². The first-order chi connectivity index (χ1) is 10.5. The largest absolute Gasteiger partial charge is 0.417 e. The Bertz CT molecular complexity index is 817. The molecule has 1 saturated heterocycles. The van der Waals surface area contributed by atoms with Crippen molar-refractivity contribution in [2.75, 3.05) is 26.8 Å². The van der Waals surface area contributed by atoms with Gasteiger partial charge in [0, 0.05) is 32.9 Å². The summed E-state index contributed by atoms with van der Waals surface area (Å²) in [5, 5.41) is 0. The first-order valence-electron chi connectivity index (χ1n) is 7.14. The zero-order valence-corrected chi connectivity index (χ0v) is 13.1. The van der Waals surface area contributed by atoms with Crippen LogP contribution in [0, 0.1) is 5.92 Å². The van der Waals surface area contributed by atoms with Crippen LogP contribution in [0.2, 0.25) is 0 Å². The van der Waals surface area contributed by atoms with E-state index in [1.807, 2.05) is 0 Å².